The Bertz CT molecular complexity index is 2740. The van der Waals surface area contributed by atoms with Crippen LogP contribution in [-0.2, 0) is 4.57 Å². The molecular formula is C43H27N4OP. The van der Waals surface area contributed by atoms with E-state index in [0.717, 1.165) is 70.7 Å². The third-order valence-corrected chi connectivity index (χ3v) is 12.8. The molecule has 0 N–H and O–H groups in total. The molecule has 0 fully saturated rings. The molecule has 0 spiro atoms. The van der Waals surface area contributed by atoms with Gasteiger partial charge in [0.25, 0.3) is 0 Å². The Kier molecular flexibility index (Phi) is 6.08. The molecule has 3 heterocycles. The lowest BCUT2D eigenvalue weighted by Gasteiger charge is -2.17. The Morgan fingerprint density at radius 1 is 0.469 bits per heavy atom. The first kappa shape index (κ1) is 27.9. The van der Waals surface area contributed by atoms with E-state index in [1.165, 1.54) is 0 Å². The highest BCUT2D eigenvalue weighted by molar-refractivity contribution is 7.86. The van der Waals surface area contributed by atoms with E-state index in [1.807, 2.05) is 109 Å². The molecular weight excluding hydrogens is 619 g/mol. The summed E-state index contributed by atoms with van der Waals surface area (Å²) in [5.41, 5.74) is 5.68. The molecule has 0 aliphatic carbocycles. The summed E-state index contributed by atoms with van der Waals surface area (Å²) >= 11 is 0. The lowest BCUT2D eigenvalue weighted by atomic mass is 10.00. The minimum absolute atomic E-state index is 0.507. The smallest absolute Gasteiger partial charge is 0.238 e. The fourth-order valence-corrected chi connectivity index (χ4v) is 10.8. The molecule has 1 aliphatic rings. The summed E-state index contributed by atoms with van der Waals surface area (Å²) in [4.78, 5) is 15.3. The highest BCUT2D eigenvalue weighted by Crippen LogP contribution is 2.55. The average Bonchev–Trinajstić information content (AvgIpc) is 3.66. The maximum absolute atomic E-state index is 16.0. The van der Waals surface area contributed by atoms with Gasteiger partial charge >= 0.3 is 0 Å². The van der Waals surface area contributed by atoms with Crippen LogP contribution < -0.4 is 15.9 Å². The van der Waals surface area contributed by atoms with Crippen LogP contribution in [-0.4, -0.2) is 19.5 Å². The molecule has 230 valence electrons. The molecule has 9 aromatic rings. The second-order valence-electron chi connectivity index (χ2n) is 12.3. The zero-order valence-electron chi connectivity index (χ0n) is 26.2. The van der Waals surface area contributed by atoms with Crippen LogP contribution in [0.4, 0.5) is 0 Å². The van der Waals surface area contributed by atoms with Gasteiger partial charge in [0.15, 0.2) is 18.8 Å². The van der Waals surface area contributed by atoms with Gasteiger partial charge in [0.2, 0.25) is 5.95 Å². The molecule has 1 atom stereocenters. The van der Waals surface area contributed by atoms with E-state index >= 15 is 4.57 Å². The SMILES string of the molecule is O=P1(c2ccccc2)c2ccccc2-c2ccc3c(c21)c1c2ccccc2ccc1n3-c1nc(-c2ccccc2)nc(-c2ccccc2)n1. The molecule has 2 aromatic heterocycles. The van der Waals surface area contributed by atoms with Gasteiger partial charge in [-0.2, -0.15) is 9.97 Å². The van der Waals surface area contributed by atoms with E-state index in [-0.39, 0.29) is 0 Å². The van der Waals surface area contributed by atoms with E-state index in [4.69, 9.17) is 15.0 Å². The molecule has 1 unspecified atom stereocenters. The van der Waals surface area contributed by atoms with Gasteiger partial charge in [-0.3, -0.25) is 4.57 Å². The number of benzene rings is 7. The number of aromatic nitrogens is 4. The number of nitrogens with zero attached hydrogens (tertiary/aromatic N) is 4. The van der Waals surface area contributed by atoms with Gasteiger partial charge in [-0.25, -0.2) is 4.98 Å². The minimum Gasteiger partial charge on any atom is -0.309 e. The summed E-state index contributed by atoms with van der Waals surface area (Å²) in [6.07, 6.45) is 0. The van der Waals surface area contributed by atoms with Crippen LogP contribution in [0, 0.1) is 0 Å². The third kappa shape index (κ3) is 4.06. The number of hydrogen-bond donors (Lipinski definition) is 0. The highest BCUT2D eigenvalue weighted by atomic mass is 31.2. The second-order valence-corrected chi connectivity index (χ2v) is 15.0. The predicted octanol–water partition coefficient (Wildman–Crippen LogP) is 9.08. The van der Waals surface area contributed by atoms with Crippen molar-refractivity contribution in [3.8, 4) is 39.9 Å². The second kappa shape index (κ2) is 10.7. The Labute approximate surface area is 282 Å². The van der Waals surface area contributed by atoms with E-state index in [9.17, 15) is 0 Å². The number of hydrogen-bond acceptors (Lipinski definition) is 4. The van der Waals surface area contributed by atoms with Crippen molar-refractivity contribution in [2.24, 2.45) is 0 Å². The van der Waals surface area contributed by atoms with E-state index in [1.54, 1.807) is 0 Å². The Balaban J connectivity index is 1.38. The summed E-state index contributed by atoms with van der Waals surface area (Å²) in [6.45, 7) is 0. The average molecular weight is 647 g/mol. The van der Waals surface area contributed by atoms with E-state index in [0.29, 0.717) is 17.6 Å². The fraction of sp³-hybridized carbons (Fsp3) is 0. The van der Waals surface area contributed by atoms with Gasteiger partial charge in [-0.15, -0.1) is 0 Å². The normalized spacial score (nSPS) is 15.1. The van der Waals surface area contributed by atoms with Gasteiger partial charge in [0, 0.05) is 37.8 Å². The lowest BCUT2D eigenvalue weighted by Crippen LogP contribution is -2.21. The van der Waals surface area contributed by atoms with Crippen molar-refractivity contribution in [2.75, 3.05) is 0 Å². The van der Waals surface area contributed by atoms with Gasteiger partial charge in [0.1, 0.15) is 0 Å². The van der Waals surface area contributed by atoms with Crippen LogP contribution in [0.3, 0.4) is 0 Å². The van der Waals surface area contributed by atoms with Gasteiger partial charge < -0.3 is 4.57 Å². The van der Waals surface area contributed by atoms with E-state index < -0.39 is 7.14 Å². The van der Waals surface area contributed by atoms with Crippen molar-refractivity contribution < 1.29 is 4.57 Å². The monoisotopic (exact) mass is 646 g/mol. The molecule has 0 saturated carbocycles. The molecule has 49 heavy (non-hydrogen) atoms. The van der Waals surface area contributed by atoms with Crippen LogP contribution in [0.1, 0.15) is 0 Å². The Hall–Kier alpha value is -6.16. The zero-order chi connectivity index (χ0) is 32.5. The van der Waals surface area contributed by atoms with Crippen molar-refractivity contribution in [1.82, 2.24) is 19.5 Å². The molecule has 0 radical (unpaired) electrons. The third-order valence-electron chi connectivity index (χ3n) is 9.65. The first-order valence-corrected chi connectivity index (χ1v) is 18.0. The lowest BCUT2D eigenvalue weighted by molar-refractivity contribution is 0.593. The Morgan fingerprint density at radius 3 is 1.76 bits per heavy atom. The maximum atomic E-state index is 16.0. The van der Waals surface area contributed by atoms with Crippen LogP contribution in [0.25, 0.3) is 72.4 Å². The van der Waals surface area contributed by atoms with Gasteiger partial charge in [-0.05, 0) is 34.0 Å². The van der Waals surface area contributed by atoms with Crippen LogP contribution >= 0.6 is 7.14 Å². The van der Waals surface area contributed by atoms with Crippen molar-refractivity contribution in [1.29, 1.82) is 0 Å². The maximum Gasteiger partial charge on any atom is 0.238 e. The summed E-state index contributed by atoms with van der Waals surface area (Å²) in [7, 11) is -3.29. The standard InChI is InChI=1S/C43H27N4OP/c48-49(31-19-8-3-9-20-31)37-23-13-12-22-33(37)34-25-27-36-39(40(34)49)38-32-21-11-10-14-28(32)24-26-35(38)47(36)43-45-41(29-15-4-1-5-16-29)44-42(46-43)30-17-6-2-7-18-30/h1-27H. The molecule has 5 nitrogen and oxygen atoms in total. The Morgan fingerprint density at radius 2 is 1.04 bits per heavy atom. The van der Waals surface area contributed by atoms with E-state index in [2.05, 4.69) is 59.2 Å². The molecule has 0 amide bonds. The quantitative estimate of drug-likeness (QED) is 0.179. The fourth-order valence-electron chi connectivity index (χ4n) is 7.51. The van der Waals surface area contributed by atoms with Crippen molar-refractivity contribution in [3.63, 3.8) is 0 Å². The topological polar surface area (TPSA) is 60.7 Å². The highest BCUT2D eigenvalue weighted by Gasteiger charge is 2.42. The molecule has 1 aliphatic heterocycles. The zero-order valence-corrected chi connectivity index (χ0v) is 27.1. The molecule has 0 bridgehead atoms. The summed E-state index contributed by atoms with van der Waals surface area (Å²) in [5.74, 6) is 1.68. The molecule has 10 rings (SSSR count). The summed E-state index contributed by atoms with van der Waals surface area (Å²) in [5, 5.41) is 6.79. The largest absolute Gasteiger partial charge is 0.309 e. The van der Waals surface area contributed by atoms with Crippen LogP contribution in [0.2, 0.25) is 0 Å². The first-order chi connectivity index (χ1) is 24.2. The summed E-state index contributed by atoms with van der Waals surface area (Å²) < 4.78 is 18.2. The van der Waals surface area contributed by atoms with Crippen molar-refractivity contribution in [3.05, 3.63) is 164 Å². The number of fused-ring (bicyclic) bond motifs is 9. The molecule has 7 aromatic carbocycles. The molecule has 6 heteroatoms. The van der Waals surface area contributed by atoms with Crippen molar-refractivity contribution in [2.45, 2.75) is 0 Å². The van der Waals surface area contributed by atoms with Crippen molar-refractivity contribution >= 4 is 55.6 Å². The summed E-state index contributed by atoms with van der Waals surface area (Å²) in [6, 6.07) is 55.2. The predicted molar refractivity (Wildman–Crippen MR) is 201 cm³/mol. The van der Waals surface area contributed by atoms with Gasteiger partial charge in [0.05, 0.1) is 11.0 Å². The first-order valence-electron chi connectivity index (χ1n) is 16.3. The van der Waals surface area contributed by atoms with Crippen LogP contribution in [0.5, 0.6) is 0 Å². The number of rotatable bonds is 4. The molecule has 0 saturated heterocycles. The van der Waals surface area contributed by atoms with Crippen LogP contribution in [0.15, 0.2) is 164 Å². The minimum atomic E-state index is -3.29. The van der Waals surface area contributed by atoms with Gasteiger partial charge in [-0.1, -0.05) is 152 Å².